The summed E-state index contributed by atoms with van der Waals surface area (Å²) in [6.45, 7) is 4.06. The molecule has 0 saturated heterocycles. The Morgan fingerprint density at radius 3 is 2.52 bits per heavy atom. The van der Waals surface area contributed by atoms with Crippen molar-refractivity contribution >= 4 is 45.0 Å². The molecule has 2 rings (SSSR count). The molecule has 2 aromatic rings. The first-order chi connectivity index (χ1) is 12.7. The Morgan fingerprint density at radius 1 is 1.15 bits per heavy atom. The van der Waals surface area contributed by atoms with E-state index < -0.39 is 0 Å². The second kappa shape index (κ2) is 9.88. The minimum absolute atomic E-state index is 0.120. The molecule has 0 saturated carbocycles. The number of anilines is 1. The fourth-order valence-corrected chi connectivity index (χ4v) is 3.32. The molecule has 0 aliphatic heterocycles. The first-order valence-corrected chi connectivity index (χ1v) is 9.71. The molecule has 7 heteroatoms. The van der Waals surface area contributed by atoms with E-state index in [1.165, 1.54) is 0 Å². The Bertz CT molecular complexity index is 829. The third-order valence-corrected chi connectivity index (χ3v) is 4.74. The molecule has 1 atom stereocenters. The molecular formula is C20H23BrClN3O2. The van der Waals surface area contributed by atoms with Crippen LogP contribution in [0.15, 0.2) is 46.9 Å². The quantitative estimate of drug-likeness (QED) is 0.663. The maximum Gasteiger partial charge on any atom is 0.238 e. The molecule has 5 nitrogen and oxygen atoms in total. The van der Waals surface area contributed by atoms with Crippen molar-refractivity contribution < 1.29 is 9.59 Å². The minimum Gasteiger partial charge on any atom is -0.348 e. The van der Waals surface area contributed by atoms with Crippen molar-refractivity contribution in [2.24, 2.45) is 0 Å². The molecule has 0 aliphatic rings. The number of nitrogens with zero attached hydrogens (tertiary/aromatic N) is 1. The third kappa shape index (κ3) is 6.97. The zero-order chi connectivity index (χ0) is 20.0. The van der Waals surface area contributed by atoms with Gasteiger partial charge in [-0.05, 0) is 62.4 Å². The van der Waals surface area contributed by atoms with Gasteiger partial charge < -0.3 is 10.6 Å². The minimum atomic E-state index is -0.168. The molecule has 0 heterocycles. The topological polar surface area (TPSA) is 61.4 Å². The lowest BCUT2D eigenvalue weighted by Gasteiger charge is -2.19. The highest BCUT2D eigenvalue weighted by atomic mass is 79.9. The van der Waals surface area contributed by atoms with Crippen LogP contribution >= 0.6 is 27.5 Å². The molecule has 0 aromatic heterocycles. The zero-order valence-corrected chi connectivity index (χ0v) is 17.9. The number of hydrogen-bond acceptors (Lipinski definition) is 3. The van der Waals surface area contributed by atoms with Crippen molar-refractivity contribution in [3.63, 3.8) is 0 Å². The van der Waals surface area contributed by atoms with Gasteiger partial charge in [-0.15, -0.1) is 0 Å². The van der Waals surface area contributed by atoms with E-state index in [9.17, 15) is 9.59 Å². The number of carbonyl (C=O) groups is 2. The Balaban J connectivity index is 1.82. The van der Waals surface area contributed by atoms with E-state index in [1.807, 2.05) is 50.2 Å². The van der Waals surface area contributed by atoms with Gasteiger partial charge in [0, 0.05) is 15.2 Å². The summed E-state index contributed by atoms with van der Waals surface area (Å²) in [5.41, 5.74) is 2.66. The number of hydrogen-bond donors (Lipinski definition) is 2. The van der Waals surface area contributed by atoms with E-state index in [2.05, 4.69) is 26.6 Å². The van der Waals surface area contributed by atoms with Crippen LogP contribution in [0.3, 0.4) is 0 Å². The SMILES string of the molecule is Cc1cc(Br)ccc1NC(=O)CN(C)CC(=O)N[C@H](C)c1cccc(Cl)c1. The van der Waals surface area contributed by atoms with Gasteiger partial charge in [-0.1, -0.05) is 39.7 Å². The van der Waals surface area contributed by atoms with Gasteiger partial charge >= 0.3 is 0 Å². The highest BCUT2D eigenvalue weighted by molar-refractivity contribution is 9.10. The van der Waals surface area contributed by atoms with Gasteiger partial charge in [-0.3, -0.25) is 14.5 Å². The average Bonchev–Trinajstić information content (AvgIpc) is 2.57. The van der Waals surface area contributed by atoms with E-state index >= 15 is 0 Å². The first kappa shape index (κ1) is 21.4. The lowest BCUT2D eigenvalue weighted by atomic mass is 10.1. The molecule has 27 heavy (non-hydrogen) atoms. The third-order valence-electron chi connectivity index (χ3n) is 4.02. The summed E-state index contributed by atoms with van der Waals surface area (Å²) >= 11 is 9.38. The van der Waals surface area contributed by atoms with Crippen LogP contribution in [0.25, 0.3) is 0 Å². The summed E-state index contributed by atoms with van der Waals surface area (Å²) in [5, 5.41) is 6.41. The van der Waals surface area contributed by atoms with Gasteiger partial charge in [-0.25, -0.2) is 0 Å². The smallest absolute Gasteiger partial charge is 0.238 e. The normalized spacial score (nSPS) is 11.9. The van der Waals surface area contributed by atoms with Crippen molar-refractivity contribution in [1.29, 1.82) is 0 Å². The van der Waals surface area contributed by atoms with Gasteiger partial charge in [0.15, 0.2) is 0 Å². The predicted molar refractivity (Wildman–Crippen MR) is 113 cm³/mol. The standard InChI is InChI=1S/C20H23BrClN3O2/c1-13-9-16(21)7-8-18(13)24-20(27)12-25(3)11-19(26)23-14(2)15-5-4-6-17(22)10-15/h4-10,14H,11-12H2,1-3H3,(H,23,26)(H,24,27)/t14-/m1/s1. The molecule has 2 amide bonds. The fourth-order valence-electron chi connectivity index (χ4n) is 2.65. The number of likely N-dealkylation sites (N-methyl/N-ethyl adjacent to an activating group) is 1. The number of benzene rings is 2. The van der Waals surface area contributed by atoms with Crippen LogP contribution < -0.4 is 10.6 Å². The van der Waals surface area contributed by atoms with Crippen LogP contribution in [0.5, 0.6) is 0 Å². The van der Waals surface area contributed by atoms with Gasteiger partial charge in [-0.2, -0.15) is 0 Å². The van der Waals surface area contributed by atoms with Gasteiger partial charge in [0.05, 0.1) is 19.1 Å². The van der Waals surface area contributed by atoms with Crippen molar-refractivity contribution in [3.05, 3.63) is 63.1 Å². The number of halogens is 2. The molecule has 2 aromatic carbocycles. The Labute approximate surface area is 173 Å². The summed E-state index contributed by atoms with van der Waals surface area (Å²) in [5.74, 6) is -0.323. The van der Waals surface area contributed by atoms with Crippen molar-refractivity contribution in [3.8, 4) is 0 Å². The molecule has 0 fully saturated rings. The molecular weight excluding hydrogens is 430 g/mol. The monoisotopic (exact) mass is 451 g/mol. The molecule has 0 spiro atoms. The van der Waals surface area contributed by atoms with Crippen LogP contribution in [-0.2, 0) is 9.59 Å². The molecule has 144 valence electrons. The Hall–Kier alpha value is -1.89. The summed E-state index contributed by atoms with van der Waals surface area (Å²) in [7, 11) is 1.73. The highest BCUT2D eigenvalue weighted by Crippen LogP contribution is 2.20. The summed E-state index contributed by atoms with van der Waals surface area (Å²) in [4.78, 5) is 26.1. The van der Waals surface area contributed by atoms with Crippen LogP contribution in [0.2, 0.25) is 5.02 Å². The zero-order valence-electron chi connectivity index (χ0n) is 15.6. The number of carbonyl (C=O) groups excluding carboxylic acids is 2. The van der Waals surface area contributed by atoms with E-state index in [0.29, 0.717) is 5.02 Å². The first-order valence-electron chi connectivity index (χ1n) is 8.54. The van der Waals surface area contributed by atoms with E-state index in [1.54, 1.807) is 18.0 Å². The second-order valence-corrected chi connectivity index (χ2v) is 7.88. The Morgan fingerprint density at radius 2 is 1.85 bits per heavy atom. The second-order valence-electron chi connectivity index (χ2n) is 6.52. The fraction of sp³-hybridized carbons (Fsp3) is 0.300. The van der Waals surface area contributed by atoms with E-state index in [0.717, 1.165) is 21.3 Å². The molecule has 0 unspecified atom stereocenters. The van der Waals surface area contributed by atoms with Crippen LogP contribution in [0.4, 0.5) is 5.69 Å². The van der Waals surface area contributed by atoms with Crippen LogP contribution in [-0.4, -0.2) is 36.9 Å². The largest absolute Gasteiger partial charge is 0.348 e. The highest BCUT2D eigenvalue weighted by Gasteiger charge is 2.14. The molecule has 0 bridgehead atoms. The van der Waals surface area contributed by atoms with Gasteiger partial charge in [0.25, 0.3) is 0 Å². The predicted octanol–water partition coefficient (Wildman–Crippen LogP) is 4.16. The summed E-state index contributed by atoms with van der Waals surface area (Å²) in [6.07, 6.45) is 0. The summed E-state index contributed by atoms with van der Waals surface area (Å²) < 4.78 is 0.959. The molecule has 2 N–H and O–H groups in total. The average molecular weight is 453 g/mol. The maximum atomic E-state index is 12.2. The number of amides is 2. The van der Waals surface area contributed by atoms with Gasteiger partial charge in [0.2, 0.25) is 11.8 Å². The molecule has 0 radical (unpaired) electrons. The van der Waals surface area contributed by atoms with E-state index in [4.69, 9.17) is 11.6 Å². The van der Waals surface area contributed by atoms with Crippen molar-refractivity contribution in [2.45, 2.75) is 19.9 Å². The van der Waals surface area contributed by atoms with Crippen molar-refractivity contribution in [2.75, 3.05) is 25.5 Å². The van der Waals surface area contributed by atoms with Gasteiger partial charge in [0.1, 0.15) is 0 Å². The van der Waals surface area contributed by atoms with Crippen molar-refractivity contribution in [1.82, 2.24) is 10.2 Å². The Kier molecular flexibility index (Phi) is 7.83. The van der Waals surface area contributed by atoms with Crippen LogP contribution in [0.1, 0.15) is 24.1 Å². The number of aryl methyl sites for hydroxylation is 1. The lowest BCUT2D eigenvalue weighted by molar-refractivity contribution is -0.123. The number of rotatable bonds is 7. The summed E-state index contributed by atoms with van der Waals surface area (Å²) in [6, 6.07) is 12.9. The number of nitrogens with one attached hydrogen (secondary N) is 2. The lowest BCUT2D eigenvalue weighted by Crippen LogP contribution is -2.39. The molecule has 0 aliphatic carbocycles. The van der Waals surface area contributed by atoms with E-state index in [-0.39, 0.29) is 30.9 Å². The maximum absolute atomic E-state index is 12.2. The van der Waals surface area contributed by atoms with Crippen LogP contribution in [0, 0.1) is 6.92 Å².